The highest BCUT2D eigenvalue weighted by molar-refractivity contribution is 5.93. The molecular formula is C25H33NO3. The lowest BCUT2D eigenvalue weighted by Crippen LogP contribution is -2.40. The molecular weight excluding hydrogens is 362 g/mol. The van der Waals surface area contributed by atoms with Crippen LogP contribution in [0, 0.1) is 5.92 Å². The molecule has 156 valence electrons. The van der Waals surface area contributed by atoms with Crippen molar-refractivity contribution < 1.29 is 14.3 Å². The van der Waals surface area contributed by atoms with Crippen molar-refractivity contribution >= 4 is 17.6 Å². The van der Waals surface area contributed by atoms with Crippen LogP contribution in [-0.4, -0.2) is 25.0 Å². The van der Waals surface area contributed by atoms with E-state index in [4.69, 9.17) is 4.74 Å². The summed E-state index contributed by atoms with van der Waals surface area (Å²) in [5.41, 5.74) is 4.72. The Morgan fingerprint density at radius 3 is 2.62 bits per heavy atom. The summed E-state index contributed by atoms with van der Waals surface area (Å²) >= 11 is 0. The molecule has 4 heteroatoms. The molecule has 1 aromatic carbocycles. The minimum absolute atomic E-state index is 0.0623. The number of allylic oxidation sites excluding steroid dienone is 3. The number of hydrogen-bond acceptors (Lipinski definition) is 3. The summed E-state index contributed by atoms with van der Waals surface area (Å²) in [5, 5.41) is 0. The lowest BCUT2D eigenvalue weighted by molar-refractivity contribution is -0.137. The number of hydrogen-bond donors (Lipinski definition) is 0. The average Bonchev–Trinajstić information content (AvgIpc) is 3.31. The van der Waals surface area contributed by atoms with Crippen LogP contribution < -0.4 is 4.90 Å². The second-order valence-corrected chi connectivity index (χ2v) is 9.26. The molecule has 1 aliphatic carbocycles. The van der Waals surface area contributed by atoms with Crippen molar-refractivity contribution in [3.05, 3.63) is 53.1 Å². The molecule has 1 aliphatic heterocycles. The first-order chi connectivity index (χ1) is 13.6. The number of esters is 1. The number of nitrogens with zero attached hydrogens (tertiary/aromatic N) is 1. The Kier molecular flexibility index (Phi) is 5.75. The first-order valence-corrected chi connectivity index (χ1v) is 10.5. The first kappa shape index (κ1) is 21.4. The number of ether oxygens (including phenoxy) is 1. The molecule has 2 aliphatic rings. The van der Waals surface area contributed by atoms with E-state index in [-0.39, 0.29) is 22.7 Å². The second-order valence-electron chi connectivity index (χ2n) is 9.26. The van der Waals surface area contributed by atoms with Crippen LogP contribution in [0.3, 0.4) is 0 Å². The van der Waals surface area contributed by atoms with Gasteiger partial charge in [0.2, 0.25) is 5.91 Å². The van der Waals surface area contributed by atoms with Gasteiger partial charge in [0.25, 0.3) is 0 Å². The van der Waals surface area contributed by atoms with Gasteiger partial charge >= 0.3 is 5.97 Å². The number of carbonyl (C=O) groups excluding carboxylic acids is 2. The number of rotatable bonds is 5. The van der Waals surface area contributed by atoms with Gasteiger partial charge in [-0.2, -0.15) is 0 Å². The predicted molar refractivity (Wildman–Crippen MR) is 117 cm³/mol. The van der Waals surface area contributed by atoms with Crippen LogP contribution in [0.15, 0.2) is 42.0 Å². The second kappa shape index (κ2) is 7.81. The molecule has 1 fully saturated rings. The van der Waals surface area contributed by atoms with Gasteiger partial charge in [0.1, 0.15) is 0 Å². The maximum atomic E-state index is 12.1. The minimum atomic E-state index is -0.292. The Labute approximate surface area is 174 Å². The highest BCUT2D eigenvalue weighted by Crippen LogP contribution is 2.56. The van der Waals surface area contributed by atoms with Crippen molar-refractivity contribution in [3.8, 4) is 0 Å². The van der Waals surface area contributed by atoms with E-state index >= 15 is 0 Å². The number of anilines is 1. The molecule has 1 aromatic rings. The molecule has 1 amide bonds. The summed E-state index contributed by atoms with van der Waals surface area (Å²) < 4.78 is 4.97. The SMILES string of the molecule is CCOC(=O)C=C(C)C=C[C@@H]1C[C@]1(C)c1ccc2c(c1)C(C)(C)CCN2C(C)=O. The molecule has 3 rings (SSSR count). The summed E-state index contributed by atoms with van der Waals surface area (Å²) in [6, 6.07) is 6.63. The zero-order chi connectivity index (χ0) is 21.4. The van der Waals surface area contributed by atoms with Crippen LogP contribution in [0.25, 0.3) is 0 Å². The molecule has 0 spiro atoms. The summed E-state index contributed by atoms with van der Waals surface area (Å²) in [7, 11) is 0. The van der Waals surface area contributed by atoms with Crippen LogP contribution in [-0.2, 0) is 25.2 Å². The van der Waals surface area contributed by atoms with Gasteiger partial charge in [-0.25, -0.2) is 4.79 Å². The third-order valence-corrected chi connectivity index (χ3v) is 6.54. The van der Waals surface area contributed by atoms with E-state index in [0.717, 1.165) is 30.6 Å². The van der Waals surface area contributed by atoms with Crippen LogP contribution in [0.1, 0.15) is 65.5 Å². The van der Waals surface area contributed by atoms with Gasteiger partial charge in [0.05, 0.1) is 6.61 Å². The average molecular weight is 396 g/mol. The maximum absolute atomic E-state index is 12.1. The van der Waals surface area contributed by atoms with Gasteiger partial charge in [0, 0.05) is 25.2 Å². The molecule has 0 N–H and O–H groups in total. The van der Waals surface area contributed by atoms with E-state index < -0.39 is 0 Å². The highest BCUT2D eigenvalue weighted by atomic mass is 16.5. The van der Waals surface area contributed by atoms with Crippen molar-refractivity contribution in [2.75, 3.05) is 18.1 Å². The molecule has 4 nitrogen and oxygen atoms in total. The quantitative estimate of drug-likeness (QED) is 0.397. The standard InChI is InChI=1S/C25H33NO3/c1-7-29-23(28)14-17(2)8-9-20-16-25(20,6)19-10-11-22-21(15-19)24(4,5)12-13-26(22)18(3)27/h8-11,14-15,20H,7,12-13,16H2,1-6H3/t20-,25-/m1/s1. The van der Waals surface area contributed by atoms with Crippen LogP contribution >= 0.6 is 0 Å². The Bertz CT molecular complexity index is 880. The lowest BCUT2D eigenvalue weighted by Gasteiger charge is -2.39. The molecule has 1 heterocycles. The van der Waals surface area contributed by atoms with Gasteiger partial charge in [-0.05, 0) is 66.2 Å². The van der Waals surface area contributed by atoms with E-state index in [0.29, 0.717) is 12.5 Å². The third kappa shape index (κ3) is 4.31. The van der Waals surface area contributed by atoms with Crippen molar-refractivity contribution in [1.29, 1.82) is 0 Å². The monoisotopic (exact) mass is 395 g/mol. The molecule has 0 unspecified atom stereocenters. The van der Waals surface area contributed by atoms with E-state index in [1.165, 1.54) is 17.2 Å². The van der Waals surface area contributed by atoms with Crippen LogP contribution in [0.2, 0.25) is 0 Å². The van der Waals surface area contributed by atoms with Gasteiger partial charge < -0.3 is 9.64 Å². The van der Waals surface area contributed by atoms with Gasteiger partial charge in [-0.15, -0.1) is 0 Å². The Balaban J connectivity index is 1.81. The normalized spacial score (nSPS) is 25.7. The van der Waals surface area contributed by atoms with E-state index in [1.807, 2.05) is 24.8 Å². The molecule has 2 atom stereocenters. The Hall–Kier alpha value is -2.36. The van der Waals surface area contributed by atoms with Gasteiger partial charge in [-0.3, -0.25) is 4.79 Å². The van der Waals surface area contributed by atoms with Crippen molar-refractivity contribution in [1.82, 2.24) is 0 Å². The third-order valence-electron chi connectivity index (χ3n) is 6.54. The zero-order valence-electron chi connectivity index (χ0n) is 18.5. The van der Waals surface area contributed by atoms with Crippen LogP contribution in [0.4, 0.5) is 5.69 Å². The van der Waals surface area contributed by atoms with Gasteiger partial charge in [-0.1, -0.05) is 45.1 Å². The number of amides is 1. The van der Waals surface area contributed by atoms with E-state index in [2.05, 4.69) is 45.0 Å². The molecule has 0 bridgehead atoms. The van der Waals surface area contributed by atoms with Crippen molar-refractivity contribution in [3.63, 3.8) is 0 Å². The molecule has 1 saturated carbocycles. The fourth-order valence-electron chi connectivity index (χ4n) is 4.34. The fraction of sp³-hybridized carbons (Fsp3) is 0.520. The largest absolute Gasteiger partial charge is 0.463 e. The smallest absolute Gasteiger partial charge is 0.330 e. The first-order valence-electron chi connectivity index (χ1n) is 10.5. The summed E-state index contributed by atoms with van der Waals surface area (Å²) in [4.78, 5) is 25.5. The summed E-state index contributed by atoms with van der Waals surface area (Å²) in [6.45, 7) is 13.4. The molecule has 29 heavy (non-hydrogen) atoms. The Morgan fingerprint density at radius 2 is 1.97 bits per heavy atom. The van der Waals surface area contributed by atoms with Gasteiger partial charge in [0.15, 0.2) is 0 Å². The zero-order valence-corrected chi connectivity index (χ0v) is 18.5. The highest BCUT2D eigenvalue weighted by Gasteiger charge is 2.50. The topological polar surface area (TPSA) is 46.6 Å². The molecule has 0 aromatic heterocycles. The predicted octanol–water partition coefficient (Wildman–Crippen LogP) is 5.06. The molecule has 0 radical (unpaired) electrons. The summed E-state index contributed by atoms with van der Waals surface area (Å²) in [6.07, 6.45) is 7.83. The summed E-state index contributed by atoms with van der Waals surface area (Å²) in [5.74, 6) is 0.263. The van der Waals surface area contributed by atoms with E-state index in [1.54, 1.807) is 6.92 Å². The van der Waals surface area contributed by atoms with Crippen LogP contribution in [0.5, 0.6) is 0 Å². The lowest BCUT2D eigenvalue weighted by atomic mass is 9.76. The van der Waals surface area contributed by atoms with Crippen molar-refractivity contribution in [2.24, 2.45) is 5.92 Å². The minimum Gasteiger partial charge on any atom is -0.463 e. The van der Waals surface area contributed by atoms with E-state index in [9.17, 15) is 9.59 Å². The Morgan fingerprint density at radius 1 is 1.24 bits per heavy atom. The number of benzene rings is 1. The number of carbonyl (C=O) groups is 2. The van der Waals surface area contributed by atoms with Crippen molar-refractivity contribution in [2.45, 2.75) is 65.2 Å². The number of fused-ring (bicyclic) bond motifs is 1. The maximum Gasteiger partial charge on any atom is 0.330 e. The molecule has 0 saturated heterocycles. The fourth-order valence-corrected chi connectivity index (χ4v) is 4.34.